The lowest BCUT2D eigenvalue weighted by Crippen LogP contribution is -2.35. The maximum absolute atomic E-state index is 6.66. The predicted molar refractivity (Wildman–Crippen MR) is 86.6 cm³/mol. The molecule has 0 fully saturated rings. The Morgan fingerprint density at radius 1 is 1.42 bits per heavy atom. The van der Waals surface area contributed by atoms with Crippen LogP contribution in [0.4, 0.5) is 0 Å². The van der Waals surface area contributed by atoms with Crippen molar-refractivity contribution in [2.24, 2.45) is 12.8 Å². The third-order valence-corrected chi connectivity index (χ3v) is 4.57. The first-order valence-corrected chi connectivity index (χ1v) is 7.86. The van der Waals surface area contributed by atoms with Crippen molar-refractivity contribution in [3.05, 3.63) is 59.0 Å². The lowest BCUT2D eigenvalue weighted by atomic mass is 9.93. The average Bonchev–Trinajstić information content (AvgIpc) is 3.29. The van der Waals surface area contributed by atoms with Crippen molar-refractivity contribution in [1.29, 1.82) is 0 Å². The molecule has 0 radical (unpaired) electrons. The fraction of sp³-hybridized carbons (Fsp3) is 0.353. The van der Waals surface area contributed by atoms with Crippen molar-refractivity contribution in [2.75, 3.05) is 7.11 Å². The Balaban J connectivity index is 1.66. The van der Waals surface area contributed by atoms with Crippen LogP contribution in [0.25, 0.3) is 0 Å². The SMILES string of the molecule is COc1cccc2c1CCC2(N)c1nc(Cc2cnn(C)c2)no1. The van der Waals surface area contributed by atoms with Crippen molar-refractivity contribution in [3.8, 4) is 5.75 Å². The van der Waals surface area contributed by atoms with Crippen molar-refractivity contribution >= 4 is 0 Å². The van der Waals surface area contributed by atoms with Gasteiger partial charge in [-0.2, -0.15) is 10.1 Å². The first-order valence-electron chi connectivity index (χ1n) is 7.86. The van der Waals surface area contributed by atoms with Crippen molar-refractivity contribution in [2.45, 2.75) is 24.8 Å². The number of nitrogens with two attached hydrogens (primary N) is 1. The molecule has 1 aromatic carbocycles. The predicted octanol–water partition coefficient (Wildman–Crippen LogP) is 1.55. The summed E-state index contributed by atoms with van der Waals surface area (Å²) in [5, 5.41) is 8.24. The summed E-state index contributed by atoms with van der Waals surface area (Å²) in [6, 6.07) is 5.90. The summed E-state index contributed by atoms with van der Waals surface area (Å²) < 4.78 is 12.7. The monoisotopic (exact) mass is 325 g/mol. The lowest BCUT2D eigenvalue weighted by Gasteiger charge is -2.20. The smallest absolute Gasteiger partial charge is 0.251 e. The minimum Gasteiger partial charge on any atom is -0.496 e. The zero-order valence-corrected chi connectivity index (χ0v) is 13.7. The maximum atomic E-state index is 6.66. The van der Waals surface area contributed by atoms with Crippen molar-refractivity contribution < 1.29 is 9.26 Å². The van der Waals surface area contributed by atoms with Crippen LogP contribution in [0.3, 0.4) is 0 Å². The molecule has 1 aliphatic carbocycles. The van der Waals surface area contributed by atoms with Crippen LogP contribution in [0.2, 0.25) is 0 Å². The highest BCUT2D eigenvalue weighted by atomic mass is 16.5. The van der Waals surface area contributed by atoms with Crippen LogP contribution in [-0.2, 0) is 25.4 Å². The molecule has 2 N–H and O–H groups in total. The van der Waals surface area contributed by atoms with E-state index in [4.69, 9.17) is 15.0 Å². The molecule has 0 aliphatic heterocycles. The van der Waals surface area contributed by atoms with Gasteiger partial charge in [0.2, 0.25) is 0 Å². The highest BCUT2D eigenvalue weighted by Gasteiger charge is 2.42. The van der Waals surface area contributed by atoms with Gasteiger partial charge in [0.15, 0.2) is 5.82 Å². The molecular formula is C17H19N5O2. The Bertz CT molecular complexity index is 885. The van der Waals surface area contributed by atoms with Gasteiger partial charge in [-0.05, 0) is 35.6 Å². The summed E-state index contributed by atoms with van der Waals surface area (Å²) >= 11 is 0. The second kappa shape index (κ2) is 5.45. The number of benzene rings is 1. The number of methoxy groups -OCH3 is 1. The van der Waals surface area contributed by atoms with Crippen LogP contribution in [0.15, 0.2) is 35.1 Å². The summed E-state index contributed by atoms with van der Waals surface area (Å²) in [7, 11) is 3.55. The number of aromatic nitrogens is 4. The van der Waals surface area contributed by atoms with Crippen LogP contribution in [0.5, 0.6) is 5.75 Å². The molecule has 1 atom stereocenters. The standard InChI is InChI=1S/C17H19N5O2/c1-22-10-11(9-19-22)8-15-20-16(24-21-15)17(18)7-6-12-13(17)4-3-5-14(12)23-2/h3-5,9-10H,6-8,18H2,1-2H3. The molecule has 4 rings (SSSR count). The normalized spacial score (nSPS) is 19.5. The topological polar surface area (TPSA) is 92.0 Å². The quantitative estimate of drug-likeness (QED) is 0.782. The first-order chi connectivity index (χ1) is 11.6. The summed E-state index contributed by atoms with van der Waals surface area (Å²) in [6.07, 6.45) is 5.85. The van der Waals surface area contributed by atoms with Gasteiger partial charge < -0.3 is 15.0 Å². The minimum atomic E-state index is -0.760. The molecule has 1 unspecified atom stereocenters. The van der Waals surface area contributed by atoms with Gasteiger partial charge in [0.1, 0.15) is 11.3 Å². The van der Waals surface area contributed by atoms with E-state index in [0.717, 1.165) is 35.3 Å². The van der Waals surface area contributed by atoms with Crippen LogP contribution >= 0.6 is 0 Å². The molecule has 0 spiro atoms. The summed E-state index contributed by atoms with van der Waals surface area (Å²) in [6.45, 7) is 0. The molecule has 24 heavy (non-hydrogen) atoms. The Morgan fingerprint density at radius 3 is 3.04 bits per heavy atom. The van der Waals surface area contributed by atoms with E-state index in [1.165, 1.54) is 0 Å². The van der Waals surface area contributed by atoms with Gasteiger partial charge in [0.25, 0.3) is 5.89 Å². The Morgan fingerprint density at radius 2 is 2.29 bits per heavy atom. The van der Waals surface area contributed by atoms with E-state index < -0.39 is 5.54 Å². The number of nitrogens with zero attached hydrogens (tertiary/aromatic N) is 4. The summed E-state index contributed by atoms with van der Waals surface area (Å²) in [5.74, 6) is 1.92. The van der Waals surface area contributed by atoms with Gasteiger partial charge in [-0.3, -0.25) is 4.68 Å². The zero-order valence-electron chi connectivity index (χ0n) is 13.7. The van der Waals surface area contributed by atoms with E-state index in [-0.39, 0.29) is 0 Å². The van der Waals surface area contributed by atoms with E-state index in [1.54, 1.807) is 18.0 Å². The fourth-order valence-corrected chi connectivity index (χ4v) is 3.36. The molecule has 7 nitrogen and oxygen atoms in total. The Labute approximate surface area is 139 Å². The minimum absolute atomic E-state index is 0.452. The lowest BCUT2D eigenvalue weighted by molar-refractivity contribution is 0.310. The first kappa shape index (κ1) is 14.9. The maximum Gasteiger partial charge on any atom is 0.251 e. The molecular weight excluding hydrogens is 306 g/mol. The number of hydrogen-bond acceptors (Lipinski definition) is 6. The van der Waals surface area contributed by atoms with Gasteiger partial charge in [-0.25, -0.2) is 0 Å². The number of rotatable bonds is 4. The number of hydrogen-bond donors (Lipinski definition) is 1. The Kier molecular flexibility index (Phi) is 3.38. The molecule has 7 heteroatoms. The number of aryl methyl sites for hydroxylation is 1. The highest BCUT2D eigenvalue weighted by molar-refractivity contribution is 5.50. The van der Waals surface area contributed by atoms with Crippen LogP contribution < -0.4 is 10.5 Å². The third kappa shape index (κ3) is 2.28. The molecule has 0 bridgehead atoms. The van der Waals surface area contributed by atoms with Gasteiger partial charge >= 0.3 is 0 Å². The van der Waals surface area contributed by atoms with Crippen LogP contribution in [-0.4, -0.2) is 27.0 Å². The van der Waals surface area contributed by atoms with Crippen molar-refractivity contribution in [3.63, 3.8) is 0 Å². The van der Waals surface area contributed by atoms with Gasteiger partial charge in [-0.1, -0.05) is 17.3 Å². The zero-order chi connectivity index (χ0) is 16.7. The average molecular weight is 325 g/mol. The van der Waals surface area contributed by atoms with Gasteiger partial charge in [0, 0.05) is 19.7 Å². The van der Waals surface area contributed by atoms with Crippen molar-refractivity contribution in [1.82, 2.24) is 19.9 Å². The molecule has 1 aliphatic rings. The number of fused-ring (bicyclic) bond motifs is 1. The highest BCUT2D eigenvalue weighted by Crippen LogP contribution is 2.42. The van der Waals surface area contributed by atoms with E-state index in [0.29, 0.717) is 18.1 Å². The van der Waals surface area contributed by atoms with Crippen LogP contribution in [0.1, 0.15) is 34.8 Å². The number of ether oxygens (including phenoxy) is 1. The van der Waals surface area contributed by atoms with E-state index in [2.05, 4.69) is 15.2 Å². The van der Waals surface area contributed by atoms with E-state index in [9.17, 15) is 0 Å². The molecule has 0 saturated carbocycles. The van der Waals surface area contributed by atoms with E-state index in [1.807, 2.05) is 31.4 Å². The van der Waals surface area contributed by atoms with Crippen LogP contribution in [0, 0.1) is 0 Å². The Hall–Kier alpha value is -2.67. The summed E-state index contributed by atoms with van der Waals surface area (Å²) in [4.78, 5) is 4.54. The third-order valence-electron chi connectivity index (χ3n) is 4.57. The molecule has 2 heterocycles. The molecule has 3 aromatic rings. The largest absolute Gasteiger partial charge is 0.496 e. The second-order valence-electron chi connectivity index (χ2n) is 6.17. The van der Waals surface area contributed by atoms with Gasteiger partial charge in [0.05, 0.1) is 13.3 Å². The molecule has 0 saturated heterocycles. The molecule has 0 amide bonds. The fourth-order valence-electron chi connectivity index (χ4n) is 3.36. The molecule has 2 aromatic heterocycles. The van der Waals surface area contributed by atoms with E-state index >= 15 is 0 Å². The van der Waals surface area contributed by atoms with Gasteiger partial charge in [-0.15, -0.1) is 0 Å². The molecule has 124 valence electrons. The second-order valence-corrected chi connectivity index (χ2v) is 6.17. The summed E-state index contributed by atoms with van der Waals surface area (Å²) in [5.41, 5.74) is 9.05.